The molecule has 0 saturated heterocycles. The van der Waals surface area contributed by atoms with Gasteiger partial charge in [0.05, 0.1) is 5.56 Å². The summed E-state index contributed by atoms with van der Waals surface area (Å²) in [6, 6.07) is 8.93. The summed E-state index contributed by atoms with van der Waals surface area (Å²) in [7, 11) is 0. The van der Waals surface area contributed by atoms with Crippen molar-refractivity contribution in [2.75, 3.05) is 11.4 Å². The number of nitrogens with one attached hydrogen (secondary N) is 1. The summed E-state index contributed by atoms with van der Waals surface area (Å²) in [6.45, 7) is 0.381. The summed E-state index contributed by atoms with van der Waals surface area (Å²) >= 11 is 0. The van der Waals surface area contributed by atoms with Crippen molar-refractivity contribution in [1.82, 2.24) is 5.32 Å². The van der Waals surface area contributed by atoms with Crippen LogP contribution in [0.2, 0.25) is 0 Å². The monoisotopic (exact) mass is 394 g/mol. The molecular formula is C20H18F4N2O2. The molecule has 1 aliphatic rings. The summed E-state index contributed by atoms with van der Waals surface area (Å²) in [5, 5.41) is 2.52. The molecule has 3 rings (SSSR count). The molecule has 4 nitrogen and oxygen atoms in total. The van der Waals surface area contributed by atoms with Crippen molar-refractivity contribution in [3.05, 3.63) is 65.0 Å². The van der Waals surface area contributed by atoms with Crippen molar-refractivity contribution >= 4 is 17.5 Å². The van der Waals surface area contributed by atoms with Crippen LogP contribution in [0.1, 0.15) is 29.5 Å². The molecule has 148 valence electrons. The van der Waals surface area contributed by atoms with E-state index in [4.69, 9.17) is 0 Å². The second-order valence-electron chi connectivity index (χ2n) is 6.54. The molecule has 0 aromatic heterocycles. The average Bonchev–Trinajstić information content (AvgIpc) is 3.07. The number of carbonyl (C=O) groups is 2. The van der Waals surface area contributed by atoms with Crippen molar-refractivity contribution in [2.24, 2.45) is 0 Å². The molecule has 2 aromatic carbocycles. The van der Waals surface area contributed by atoms with Gasteiger partial charge >= 0.3 is 6.18 Å². The lowest BCUT2D eigenvalue weighted by atomic mass is 10.1. The molecule has 2 aromatic rings. The number of rotatable bonds is 5. The van der Waals surface area contributed by atoms with E-state index in [2.05, 4.69) is 5.32 Å². The maximum Gasteiger partial charge on any atom is 0.416 e. The fourth-order valence-corrected chi connectivity index (χ4v) is 3.13. The molecule has 2 amide bonds. The van der Waals surface area contributed by atoms with E-state index < -0.39 is 17.6 Å². The molecule has 0 radical (unpaired) electrons. The molecule has 8 heteroatoms. The second kappa shape index (κ2) is 8.00. The highest BCUT2D eigenvalue weighted by atomic mass is 19.4. The Morgan fingerprint density at radius 1 is 1.07 bits per heavy atom. The third-order valence-electron chi connectivity index (χ3n) is 4.55. The molecule has 1 heterocycles. The number of halogens is 4. The Balaban J connectivity index is 1.50. The average molecular weight is 394 g/mol. The molecule has 0 atom stereocenters. The molecule has 0 unspecified atom stereocenters. The summed E-state index contributed by atoms with van der Waals surface area (Å²) in [5.74, 6) is -1.04. The molecule has 0 bridgehead atoms. The van der Waals surface area contributed by atoms with Crippen molar-refractivity contribution in [1.29, 1.82) is 0 Å². The van der Waals surface area contributed by atoms with Crippen LogP contribution in [0, 0.1) is 5.82 Å². The van der Waals surface area contributed by atoms with Crippen molar-refractivity contribution < 1.29 is 27.2 Å². The minimum absolute atomic E-state index is 0.0365. The highest BCUT2D eigenvalue weighted by Gasteiger charge is 2.30. The van der Waals surface area contributed by atoms with Gasteiger partial charge in [0.15, 0.2) is 0 Å². The zero-order valence-corrected chi connectivity index (χ0v) is 14.9. The van der Waals surface area contributed by atoms with Gasteiger partial charge in [-0.25, -0.2) is 4.39 Å². The lowest BCUT2D eigenvalue weighted by molar-refractivity contribution is -0.137. The summed E-state index contributed by atoms with van der Waals surface area (Å²) < 4.78 is 51.3. The van der Waals surface area contributed by atoms with Crippen molar-refractivity contribution in [2.45, 2.75) is 32.0 Å². The molecule has 0 aliphatic carbocycles. The van der Waals surface area contributed by atoms with E-state index in [1.807, 2.05) is 0 Å². The number of hydrogen-bond acceptors (Lipinski definition) is 2. The molecular weight excluding hydrogens is 376 g/mol. The van der Waals surface area contributed by atoms with Crippen LogP contribution < -0.4 is 10.2 Å². The maximum atomic E-state index is 13.2. The van der Waals surface area contributed by atoms with E-state index in [9.17, 15) is 27.2 Å². The first-order valence-corrected chi connectivity index (χ1v) is 8.75. The third kappa shape index (κ3) is 4.68. The highest BCUT2D eigenvalue weighted by molar-refractivity contribution is 5.97. The summed E-state index contributed by atoms with van der Waals surface area (Å²) in [5.41, 5.74) is 0.946. The molecule has 1 N–H and O–H groups in total. The van der Waals surface area contributed by atoms with E-state index in [1.54, 1.807) is 6.07 Å². The van der Waals surface area contributed by atoms with Crippen LogP contribution in [0.4, 0.5) is 23.2 Å². The van der Waals surface area contributed by atoms with Gasteiger partial charge < -0.3 is 10.2 Å². The Morgan fingerprint density at radius 3 is 2.61 bits per heavy atom. The van der Waals surface area contributed by atoms with Crippen LogP contribution in [0.25, 0.3) is 0 Å². The van der Waals surface area contributed by atoms with Gasteiger partial charge in [-0.2, -0.15) is 13.2 Å². The van der Waals surface area contributed by atoms with E-state index in [-0.39, 0.29) is 31.1 Å². The second-order valence-corrected chi connectivity index (χ2v) is 6.54. The van der Waals surface area contributed by atoms with Gasteiger partial charge in [0.1, 0.15) is 5.82 Å². The predicted octanol–water partition coefficient (Wildman–Crippen LogP) is 3.83. The summed E-state index contributed by atoms with van der Waals surface area (Å²) in [4.78, 5) is 25.8. The van der Waals surface area contributed by atoms with E-state index >= 15 is 0 Å². The molecule has 0 spiro atoms. The van der Waals surface area contributed by atoms with Gasteiger partial charge in [-0.15, -0.1) is 0 Å². The van der Waals surface area contributed by atoms with Gasteiger partial charge in [0.25, 0.3) is 0 Å². The minimum atomic E-state index is -4.44. The zero-order chi connectivity index (χ0) is 20.3. The topological polar surface area (TPSA) is 49.4 Å². The van der Waals surface area contributed by atoms with Gasteiger partial charge in [0.2, 0.25) is 11.8 Å². The Labute approximate surface area is 159 Å². The van der Waals surface area contributed by atoms with Crippen molar-refractivity contribution in [3.8, 4) is 0 Å². The first-order valence-electron chi connectivity index (χ1n) is 8.75. The van der Waals surface area contributed by atoms with Crippen LogP contribution in [-0.2, 0) is 28.7 Å². The van der Waals surface area contributed by atoms with Crippen LogP contribution in [0.3, 0.4) is 0 Å². The number of alkyl halides is 3. The van der Waals surface area contributed by atoms with Gasteiger partial charge in [0, 0.05) is 31.6 Å². The Kier molecular flexibility index (Phi) is 5.67. The van der Waals surface area contributed by atoms with Gasteiger partial charge in [-0.3, -0.25) is 9.59 Å². The predicted molar refractivity (Wildman–Crippen MR) is 95.0 cm³/mol. The smallest absolute Gasteiger partial charge is 0.352 e. The summed E-state index contributed by atoms with van der Waals surface area (Å²) in [6.07, 6.45) is -4.00. The van der Waals surface area contributed by atoms with Crippen LogP contribution in [0.15, 0.2) is 42.5 Å². The number of benzene rings is 2. The van der Waals surface area contributed by atoms with Gasteiger partial charge in [-0.1, -0.05) is 12.1 Å². The maximum absolute atomic E-state index is 13.2. The Morgan fingerprint density at radius 2 is 1.86 bits per heavy atom. The quantitative estimate of drug-likeness (QED) is 0.784. The fourth-order valence-electron chi connectivity index (χ4n) is 3.13. The van der Waals surface area contributed by atoms with Crippen LogP contribution in [-0.4, -0.2) is 18.4 Å². The lowest BCUT2D eigenvalue weighted by Gasteiger charge is -2.17. The lowest BCUT2D eigenvalue weighted by Crippen LogP contribution is -2.31. The largest absolute Gasteiger partial charge is 0.416 e. The third-order valence-corrected chi connectivity index (χ3v) is 4.55. The molecule has 0 fully saturated rings. The molecule has 28 heavy (non-hydrogen) atoms. The zero-order valence-electron chi connectivity index (χ0n) is 14.9. The van der Waals surface area contributed by atoms with Crippen LogP contribution in [0.5, 0.6) is 0 Å². The fraction of sp³-hybridized carbons (Fsp3) is 0.300. The van der Waals surface area contributed by atoms with E-state index in [1.165, 1.54) is 29.2 Å². The van der Waals surface area contributed by atoms with E-state index in [0.29, 0.717) is 24.2 Å². The normalized spacial score (nSPS) is 13.4. The van der Waals surface area contributed by atoms with Gasteiger partial charge in [-0.05, 0) is 47.9 Å². The van der Waals surface area contributed by atoms with Crippen LogP contribution >= 0.6 is 0 Å². The standard InChI is InChI=1S/C20H18F4N2O2/c21-16-4-5-17-14(11-16)8-9-26(17)19(28)7-6-18(27)25-12-13-2-1-3-15(10-13)20(22,23)24/h1-5,10-11H,6-9,12H2,(H,25,27). The molecule has 0 saturated carbocycles. The number of amides is 2. The molecule has 1 aliphatic heterocycles. The number of nitrogens with zero attached hydrogens (tertiary/aromatic N) is 1. The number of carbonyl (C=O) groups excluding carboxylic acids is 2. The number of fused-ring (bicyclic) bond motifs is 1. The minimum Gasteiger partial charge on any atom is -0.352 e. The highest BCUT2D eigenvalue weighted by Crippen LogP contribution is 2.30. The van der Waals surface area contributed by atoms with E-state index in [0.717, 1.165) is 17.7 Å². The first kappa shape index (κ1) is 19.9. The SMILES string of the molecule is O=C(CCC(=O)N1CCc2cc(F)ccc21)NCc1cccc(C(F)(F)F)c1. The van der Waals surface area contributed by atoms with Crippen molar-refractivity contribution in [3.63, 3.8) is 0 Å². The Hall–Kier alpha value is -2.90. The number of hydrogen-bond donors (Lipinski definition) is 1. The first-order chi connectivity index (χ1) is 13.2. The Bertz CT molecular complexity index is 896. The number of anilines is 1.